The van der Waals surface area contributed by atoms with Gasteiger partial charge in [-0.25, -0.2) is 0 Å². The van der Waals surface area contributed by atoms with Crippen molar-refractivity contribution in [2.75, 3.05) is 18.5 Å². The normalized spacial score (nSPS) is 22.5. The van der Waals surface area contributed by atoms with Crippen molar-refractivity contribution < 1.29 is 9.53 Å². The molecular weight excluding hydrogens is 286 g/mol. The predicted octanol–water partition coefficient (Wildman–Crippen LogP) is 3.59. The summed E-state index contributed by atoms with van der Waals surface area (Å²) in [5.74, 6) is 0.539. The molecule has 1 amide bonds. The monoisotopic (exact) mass is 311 g/mol. The van der Waals surface area contributed by atoms with Crippen LogP contribution < -0.4 is 5.32 Å². The molecule has 0 bridgehead atoms. The van der Waals surface area contributed by atoms with E-state index in [1.165, 1.54) is 43.4 Å². The highest BCUT2D eigenvalue weighted by molar-refractivity contribution is 7.15. The van der Waals surface area contributed by atoms with Gasteiger partial charge in [0.15, 0.2) is 0 Å². The molecule has 2 aliphatic rings. The molecule has 5 nitrogen and oxygen atoms in total. The average Bonchev–Trinajstić information content (AvgIpc) is 3.22. The lowest BCUT2D eigenvalue weighted by atomic mass is 9.90. The third kappa shape index (κ3) is 4.48. The van der Waals surface area contributed by atoms with Crippen molar-refractivity contribution in [2.45, 2.75) is 58.3 Å². The molecule has 6 heteroatoms. The molecular formula is C15H25N3O2S. The molecule has 1 aromatic rings. The Bertz CT molecular complexity index is 438. The summed E-state index contributed by atoms with van der Waals surface area (Å²) in [4.78, 5) is 11.9. The molecule has 1 aliphatic heterocycles. The first kappa shape index (κ1) is 16.4. The van der Waals surface area contributed by atoms with Gasteiger partial charge in [0.05, 0.1) is 12.5 Å². The van der Waals surface area contributed by atoms with Crippen LogP contribution in [0, 0.1) is 5.92 Å². The number of ether oxygens (including phenoxy) is 1. The van der Waals surface area contributed by atoms with E-state index in [0.717, 1.165) is 11.4 Å². The molecule has 0 spiro atoms. The number of hydrogen-bond acceptors (Lipinski definition) is 5. The molecule has 0 aromatic carbocycles. The van der Waals surface area contributed by atoms with Crippen LogP contribution in [-0.2, 0) is 9.53 Å². The van der Waals surface area contributed by atoms with Gasteiger partial charge in [0.1, 0.15) is 5.01 Å². The minimum atomic E-state index is -0.0259. The first-order valence-electron chi connectivity index (χ1n) is 8.05. The van der Waals surface area contributed by atoms with Gasteiger partial charge in [-0.3, -0.25) is 4.79 Å². The van der Waals surface area contributed by atoms with E-state index in [4.69, 9.17) is 4.74 Å². The molecule has 1 aliphatic carbocycles. The number of nitrogens with zero attached hydrogens (tertiary/aromatic N) is 2. The third-order valence-corrected chi connectivity index (χ3v) is 4.93. The Morgan fingerprint density at radius 2 is 1.95 bits per heavy atom. The highest BCUT2D eigenvalue weighted by atomic mass is 32.1. The first-order valence-corrected chi connectivity index (χ1v) is 8.86. The molecule has 118 valence electrons. The van der Waals surface area contributed by atoms with Crippen LogP contribution in [0.25, 0.3) is 0 Å². The van der Waals surface area contributed by atoms with Crippen LogP contribution in [0.5, 0.6) is 0 Å². The lowest BCUT2D eigenvalue weighted by molar-refractivity contribution is -0.119. The lowest BCUT2D eigenvalue weighted by Gasteiger charge is -2.18. The Kier molecular flexibility index (Phi) is 6.57. The van der Waals surface area contributed by atoms with E-state index >= 15 is 0 Å². The number of aromatic nitrogens is 2. The summed E-state index contributed by atoms with van der Waals surface area (Å²) in [6.07, 6.45) is 7.12. The van der Waals surface area contributed by atoms with Gasteiger partial charge in [-0.2, -0.15) is 0 Å². The molecule has 1 aromatic heterocycles. The van der Waals surface area contributed by atoms with Crippen LogP contribution in [0.4, 0.5) is 5.13 Å². The second-order valence-electron chi connectivity index (χ2n) is 5.33. The van der Waals surface area contributed by atoms with E-state index in [9.17, 15) is 4.79 Å². The SMILES string of the molecule is CC.O=C(Nc1nnc(C2CCCCC2)s1)C1CCOC1. The van der Waals surface area contributed by atoms with Crippen LogP contribution in [0.1, 0.15) is 63.3 Å². The number of carbonyl (C=O) groups excluding carboxylic acids is 1. The Balaban J connectivity index is 0.000000774. The minimum absolute atomic E-state index is 0.0174. The van der Waals surface area contributed by atoms with Gasteiger partial charge in [0, 0.05) is 12.5 Å². The molecule has 2 heterocycles. The van der Waals surface area contributed by atoms with Crippen LogP contribution in [0.2, 0.25) is 0 Å². The third-order valence-electron chi connectivity index (χ3n) is 3.93. The predicted molar refractivity (Wildman–Crippen MR) is 84.6 cm³/mol. The van der Waals surface area contributed by atoms with Crippen molar-refractivity contribution in [1.29, 1.82) is 0 Å². The maximum absolute atomic E-state index is 11.9. The maximum Gasteiger partial charge on any atom is 0.231 e. The highest BCUT2D eigenvalue weighted by Crippen LogP contribution is 2.35. The molecule has 1 saturated heterocycles. The van der Waals surface area contributed by atoms with Gasteiger partial charge in [0.25, 0.3) is 0 Å². The second kappa shape index (κ2) is 8.44. The van der Waals surface area contributed by atoms with E-state index in [2.05, 4.69) is 15.5 Å². The van der Waals surface area contributed by atoms with Crippen molar-refractivity contribution >= 4 is 22.4 Å². The van der Waals surface area contributed by atoms with Crippen LogP contribution >= 0.6 is 11.3 Å². The zero-order chi connectivity index (χ0) is 15.1. The number of nitrogens with one attached hydrogen (secondary N) is 1. The number of carbonyl (C=O) groups is 1. The fourth-order valence-corrected chi connectivity index (χ4v) is 3.66. The Hall–Kier alpha value is -1.01. The quantitative estimate of drug-likeness (QED) is 0.926. The summed E-state index contributed by atoms with van der Waals surface area (Å²) < 4.78 is 5.22. The molecule has 1 atom stereocenters. The minimum Gasteiger partial charge on any atom is -0.381 e. The second-order valence-corrected chi connectivity index (χ2v) is 6.34. The highest BCUT2D eigenvalue weighted by Gasteiger charge is 2.25. The van der Waals surface area contributed by atoms with Gasteiger partial charge in [-0.1, -0.05) is 44.4 Å². The van der Waals surface area contributed by atoms with Crippen molar-refractivity contribution in [3.63, 3.8) is 0 Å². The fraction of sp³-hybridized carbons (Fsp3) is 0.800. The summed E-state index contributed by atoms with van der Waals surface area (Å²) in [7, 11) is 0. The molecule has 1 unspecified atom stereocenters. The van der Waals surface area contributed by atoms with E-state index in [1.807, 2.05) is 13.8 Å². The van der Waals surface area contributed by atoms with Crippen molar-refractivity contribution in [3.05, 3.63) is 5.01 Å². The zero-order valence-electron chi connectivity index (χ0n) is 12.9. The number of rotatable bonds is 3. The van der Waals surface area contributed by atoms with Gasteiger partial charge in [-0.05, 0) is 19.3 Å². The molecule has 1 saturated carbocycles. The van der Waals surface area contributed by atoms with E-state index in [-0.39, 0.29) is 11.8 Å². The van der Waals surface area contributed by atoms with Crippen LogP contribution in [0.15, 0.2) is 0 Å². The van der Waals surface area contributed by atoms with Crippen molar-refractivity contribution in [1.82, 2.24) is 10.2 Å². The van der Waals surface area contributed by atoms with E-state index in [1.54, 1.807) is 0 Å². The number of anilines is 1. The Labute approximate surface area is 130 Å². The molecule has 3 rings (SSSR count). The molecule has 0 radical (unpaired) electrons. The van der Waals surface area contributed by atoms with E-state index < -0.39 is 0 Å². The first-order chi connectivity index (χ1) is 10.3. The number of amides is 1. The maximum atomic E-state index is 11.9. The summed E-state index contributed by atoms with van der Waals surface area (Å²) in [5.41, 5.74) is 0. The molecule has 1 N–H and O–H groups in total. The van der Waals surface area contributed by atoms with Crippen molar-refractivity contribution in [2.24, 2.45) is 5.92 Å². The van der Waals surface area contributed by atoms with Gasteiger partial charge in [0.2, 0.25) is 11.0 Å². The average molecular weight is 311 g/mol. The Morgan fingerprint density at radius 3 is 2.62 bits per heavy atom. The van der Waals surface area contributed by atoms with Gasteiger partial charge in [-0.15, -0.1) is 10.2 Å². The topological polar surface area (TPSA) is 64.1 Å². The summed E-state index contributed by atoms with van der Waals surface area (Å²) in [6, 6.07) is 0. The largest absolute Gasteiger partial charge is 0.381 e. The number of hydrogen-bond donors (Lipinski definition) is 1. The summed E-state index contributed by atoms with van der Waals surface area (Å²) >= 11 is 1.53. The fourth-order valence-electron chi connectivity index (χ4n) is 2.75. The van der Waals surface area contributed by atoms with Crippen LogP contribution in [0.3, 0.4) is 0 Å². The van der Waals surface area contributed by atoms with Crippen LogP contribution in [-0.4, -0.2) is 29.3 Å². The summed E-state index contributed by atoms with van der Waals surface area (Å²) in [6.45, 7) is 5.21. The molecule has 2 fully saturated rings. The summed E-state index contributed by atoms with van der Waals surface area (Å²) in [5, 5.41) is 12.9. The van der Waals surface area contributed by atoms with Gasteiger partial charge < -0.3 is 10.1 Å². The standard InChI is InChI=1S/C13H19N3O2S.C2H6/c17-11(10-6-7-18-8-10)14-13-16-15-12(19-13)9-4-2-1-3-5-9;1-2/h9-10H,1-8H2,(H,14,16,17);1-2H3. The van der Waals surface area contributed by atoms with E-state index in [0.29, 0.717) is 24.3 Å². The molecule has 21 heavy (non-hydrogen) atoms. The smallest absolute Gasteiger partial charge is 0.231 e. The Morgan fingerprint density at radius 1 is 1.19 bits per heavy atom. The zero-order valence-corrected chi connectivity index (χ0v) is 13.7. The van der Waals surface area contributed by atoms with Gasteiger partial charge >= 0.3 is 0 Å². The van der Waals surface area contributed by atoms with Crippen molar-refractivity contribution in [3.8, 4) is 0 Å². The lowest BCUT2D eigenvalue weighted by Crippen LogP contribution is -2.22.